The van der Waals surface area contributed by atoms with Crippen LogP contribution in [0.5, 0.6) is 5.75 Å². The van der Waals surface area contributed by atoms with E-state index in [9.17, 15) is 14.0 Å². The average Bonchev–Trinajstić information content (AvgIpc) is 3.03. The van der Waals surface area contributed by atoms with E-state index in [2.05, 4.69) is 0 Å². The van der Waals surface area contributed by atoms with E-state index in [0.29, 0.717) is 12.3 Å². The van der Waals surface area contributed by atoms with Crippen molar-refractivity contribution in [2.75, 3.05) is 25.2 Å². The average molecular weight is 329 g/mol. The number of amides is 1. The van der Waals surface area contributed by atoms with Crippen LogP contribution < -0.4 is 9.64 Å². The van der Waals surface area contributed by atoms with Crippen molar-refractivity contribution in [3.8, 4) is 5.75 Å². The van der Waals surface area contributed by atoms with Crippen LogP contribution in [0.3, 0.4) is 0 Å². The first-order valence-corrected chi connectivity index (χ1v) is 7.49. The van der Waals surface area contributed by atoms with Crippen LogP contribution >= 0.6 is 0 Å². The first kappa shape index (κ1) is 16.0. The number of carbonyl (C=O) groups excluding carboxylic acids is 2. The molecular weight excluding hydrogens is 313 g/mol. The van der Waals surface area contributed by atoms with Crippen molar-refractivity contribution in [3.63, 3.8) is 0 Å². The van der Waals surface area contributed by atoms with Gasteiger partial charge in [0.05, 0.1) is 12.7 Å². The number of hydrogen-bond donors (Lipinski definition) is 0. The Labute approximate surface area is 138 Å². The van der Waals surface area contributed by atoms with Gasteiger partial charge >= 0.3 is 5.97 Å². The third-order valence-electron chi connectivity index (χ3n) is 3.91. The number of hydrogen-bond acceptors (Lipinski definition) is 4. The van der Waals surface area contributed by atoms with E-state index in [1.807, 2.05) is 24.3 Å². The fourth-order valence-electron chi connectivity index (χ4n) is 2.67. The second kappa shape index (κ2) is 6.70. The highest BCUT2D eigenvalue weighted by Crippen LogP contribution is 2.27. The van der Waals surface area contributed by atoms with E-state index in [4.69, 9.17) is 9.47 Å². The monoisotopic (exact) mass is 329 g/mol. The smallest absolute Gasteiger partial charge is 0.341 e. The van der Waals surface area contributed by atoms with Gasteiger partial charge in [0.25, 0.3) is 5.91 Å². The van der Waals surface area contributed by atoms with Crippen molar-refractivity contribution in [2.24, 2.45) is 0 Å². The molecule has 0 unspecified atom stereocenters. The molecule has 5 nitrogen and oxygen atoms in total. The molecule has 0 aliphatic carbocycles. The molecule has 0 fully saturated rings. The molecular formula is C18H16FNO4. The summed E-state index contributed by atoms with van der Waals surface area (Å²) in [6, 6.07) is 11.4. The lowest BCUT2D eigenvalue weighted by molar-refractivity contribution is -0.121. The Hall–Kier alpha value is -2.89. The molecule has 0 spiro atoms. The number of carbonyl (C=O) groups is 2. The number of methoxy groups -OCH3 is 1. The van der Waals surface area contributed by atoms with E-state index in [0.717, 1.165) is 23.7 Å². The summed E-state index contributed by atoms with van der Waals surface area (Å²) in [5.41, 5.74) is 1.68. The lowest BCUT2D eigenvalue weighted by atomic mass is 10.2. The van der Waals surface area contributed by atoms with Crippen LogP contribution in [0.2, 0.25) is 0 Å². The summed E-state index contributed by atoms with van der Waals surface area (Å²) in [6.07, 6.45) is 0.767. The Morgan fingerprint density at radius 1 is 1.21 bits per heavy atom. The number of nitrogens with zero attached hydrogens (tertiary/aromatic N) is 1. The van der Waals surface area contributed by atoms with Gasteiger partial charge in [0.1, 0.15) is 11.6 Å². The molecule has 3 rings (SSSR count). The molecule has 1 aliphatic rings. The zero-order valence-electron chi connectivity index (χ0n) is 13.1. The van der Waals surface area contributed by atoms with E-state index in [-0.39, 0.29) is 11.5 Å². The Kier molecular flexibility index (Phi) is 4.46. The van der Waals surface area contributed by atoms with Gasteiger partial charge in [0, 0.05) is 18.3 Å². The molecule has 0 bridgehead atoms. The first-order valence-electron chi connectivity index (χ1n) is 7.49. The van der Waals surface area contributed by atoms with Crippen molar-refractivity contribution < 1.29 is 23.5 Å². The Balaban J connectivity index is 1.64. The SMILES string of the molecule is COc1ccc(C(=O)OCC(=O)N2CCc3ccccc32)c(F)c1. The summed E-state index contributed by atoms with van der Waals surface area (Å²) < 4.78 is 23.7. The second-order valence-electron chi connectivity index (χ2n) is 5.35. The number of esters is 1. The van der Waals surface area contributed by atoms with E-state index in [1.165, 1.54) is 19.2 Å². The van der Waals surface area contributed by atoms with E-state index >= 15 is 0 Å². The molecule has 0 N–H and O–H groups in total. The minimum atomic E-state index is -0.879. The number of halogens is 1. The number of benzene rings is 2. The van der Waals surface area contributed by atoms with Gasteiger partial charge in [-0.3, -0.25) is 4.79 Å². The van der Waals surface area contributed by atoms with Gasteiger partial charge in [-0.15, -0.1) is 0 Å². The highest BCUT2D eigenvalue weighted by Gasteiger charge is 2.25. The molecule has 1 amide bonds. The minimum absolute atomic E-state index is 0.231. The number of fused-ring (bicyclic) bond motifs is 1. The Bertz CT molecular complexity index is 790. The number of anilines is 1. The number of ether oxygens (including phenoxy) is 2. The molecule has 1 aliphatic heterocycles. The van der Waals surface area contributed by atoms with Crippen molar-refractivity contribution in [1.82, 2.24) is 0 Å². The highest BCUT2D eigenvalue weighted by molar-refractivity contribution is 5.98. The summed E-state index contributed by atoms with van der Waals surface area (Å²) in [5.74, 6) is -1.66. The van der Waals surface area contributed by atoms with Gasteiger partial charge in [-0.05, 0) is 30.2 Å². The van der Waals surface area contributed by atoms with Crippen LogP contribution in [0.4, 0.5) is 10.1 Å². The summed E-state index contributed by atoms with van der Waals surface area (Å²) in [4.78, 5) is 25.8. The number of para-hydroxylation sites is 1. The summed E-state index contributed by atoms with van der Waals surface area (Å²) >= 11 is 0. The molecule has 124 valence electrons. The second-order valence-corrected chi connectivity index (χ2v) is 5.35. The number of rotatable bonds is 4. The van der Waals surface area contributed by atoms with Crippen molar-refractivity contribution in [1.29, 1.82) is 0 Å². The lowest BCUT2D eigenvalue weighted by Gasteiger charge is -2.17. The van der Waals surface area contributed by atoms with Crippen LogP contribution in [0.15, 0.2) is 42.5 Å². The van der Waals surface area contributed by atoms with Gasteiger partial charge < -0.3 is 14.4 Å². The predicted octanol–water partition coefficient (Wildman–Crippen LogP) is 2.58. The molecule has 0 saturated heterocycles. The quantitative estimate of drug-likeness (QED) is 0.809. The molecule has 1 heterocycles. The van der Waals surface area contributed by atoms with Gasteiger partial charge in [0.15, 0.2) is 6.61 Å². The molecule has 6 heteroatoms. The zero-order valence-corrected chi connectivity index (χ0v) is 13.1. The van der Waals surface area contributed by atoms with Gasteiger partial charge in [-0.25, -0.2) is 9.18 Å². The largest absolute Gasteiger partial charge is 0.497 e. The third kappa shape index (κ3) is 3.08. The molecule has 0 atom stereocenters. The van der Waals surface area contributed by atoms with Gasteiger partial charge in [-0.1, -0.05) is 18.2 Å². The molecule has 2 aromatic rings. The zero-order chi connectivity index (χ0) is 17.1. The molecule has 24 heavy (non-hydrogen) atoms. The highest BCUT2D eigenvalue weighted by atomic mass is 19.1. The van der Waals surface area contributed by atoms with E-state index < -0.39 is 18.4 Å². The van der Waals surface area contributed by atoms with Crippen molar-refractivity contribution in [2.45, 2.75) is 6.42 Å². The van der Waals surface area contributed by atoms with Crippen LogP contribution in [0, 0.1) is 5.82 Å². The van der Waals surface area contributed by atoms with Gasteiger partial charge in [-0.2, -0.15) is 0 Å². The standard InChI is InChI=1S/C18H16FNO4/c1-23-13-6-7-14(15(19)10-13)18(22)24-11-17(21)20-9-8-12-4-2-3-5-16(12)20/h2-7,10H,8-9,11H2,1H3. The normalized spacial score (nSPS) is 12.7. The molecule has 0 radical (unpaired) electrons. The maximum Gasteiger partial charge on any atom is 0.341 e. The topological polar surface area (TPSA) is 55.8 Å². The van der Waals surface area contributed by atoms with E-state index in [1.54, 1.807) is 4.90 Å². The predicted molar refractivity (Wildman–Crippen MR) is 85.7 cm³/mol. The fourth-order valence-corrected chi connectivity index (χ4v) is 2.67. The summed E-state index contributed by atoms with van der Waals surface area (Å²) in [5, 5.41) is 0. The minimum Gasteiger partial charge on any atom is -0.497 e. The van der Waals surface area contributed by atoms with Crippen LogP contribution in [-0.4, -0.2) is 32.1 Å². The summed E-state index contributed by atoms with van der Waals surface area (Å²) in [7, 11) is 1.40. The Morgan fingerprint density at radius 3 is 2.75 bits per heavy atom. The molecule has 0 saturated carbocycles. The maximum atomic E-state index is 13.8. The lowest BCUT2D eigenvalue weighted by Crippen LogP contribution is -2.33. The molecule has 2 aromatic carbocycles. The van der Waals surface area contributed by atoms with Crippen molar-refractivity contribution >= 4 is 17.6 Å². The van der Waals surface area contributed by atoms with Crippen LogP contribution in [0.25, 0.3) is 0 Å². The fraction of sp³-hybridized carbons (Fsp3) is 0.222. The third-order valence-corrected chi connectivity index (χ3v) is 3.91. The first-order chi connectivity index (χ1) is 11.6. The Morgan fingerprint density at radius 2 is 2.00 bits per heavy atom. The van der Waals surface area contributed by atoms with Crippen LogP contribution in [0.1, 0.15) is 15.9 Å². The van der Waals surface area contributed by atoms with Gasteiger partial charge in [0.2, 0.25) is 0 Å². The van der Waals surface area contributed by atoms with Crippen molar-refractivity contribution in [3.05, 3.63) is 59.4 Å². The summed E-state index contributed by atoms with van der Waals surface area (Å²) in [6.45, 7) is 0.116. The van der Waals surface area contributed by atoms with Crippen LogP contribution in [-0.2, 0) is 16.0 Å². The molecule has 0 aromatic heterocycles. The maximum absolute atomic E-state index is 13.8.